The van der Waals surface area contributed by atoms with Gasteiger partial charge in [0.05, 0.1) is 12.6 Å². The number of hydrogen-bond acceptors (Lipinski definition) is 3. The second-order valence-electron chi connectivity index (χ2n) is 3.56. The van der Waals surface area contributed by atoms with Gasteiger partial charge in [-0.15, -0.1) is 11.3 Å². The van der Waals surface area contributed by atoms with E-state index >= 15 is 0 Å². The molecule has 1 unspecified atom stereocenters. The fourth-order valence-corrected chi connectivity index (χ4v) is 3.08. The minimum absolute atomic E-state index is 0.0173. The van der Waals surface area contributed by atoms with Gasteiger partial charge in [-0.25, -0.2) is 0 Å². The summed E-state index contributed by atoms with van der Waals surface area (Å²) < 4.78 is 1.08. The summed E-state index contributed by atoms with van der Waals surface area (Å²) >= 11 is 5.10. The molecular formula is C10H13BrN2OS. The lowest BCUT2D eigenvalue weighted by molar-refractivity contribution is -0.122. The Bertz CT molecular complexity index is 347. The molecule has 0 saturated carbocycles. The van der Waals surface area contributed by atoms with Crippen LogP contribution in [-0.2, 0) is 11.3 Å². The third-order valence-corrected chi connectivity index (χ3v) is 4.42. The predicted octanol–water partition coefficient (Wildman–Crippen LogP) is 1.88. The number of halogens is 1. The minimum atomic E-state index is 0.0173. The normalized spacial score (nSPS) is 20.5. The van der Waals surface area contributed by atoms with E-state index in [1.54, 1.807) is 11.3 Å². The van der Waals surface area contributed by atoms with Crippen LogP contribution in [0.25, 0.3) is 0 Å². The van der Waals surface area contributed by atoms with E-state index < -0.39 is 0 Å². The summed E-state index contributed by atoms with van der Waals surface area (Å²) in [5.41, 5.74) is 0. The molecule has 1 aliphatic rings. The third kappa shape index (κ3) is 2.80. The fourth-order valence-electron chi connectivity index (χ4n) is 1.65. The smallest absolute Gasteiger partial charge is 0.237 e. The maximum atomic E-state index is 11.7. The first kappa shape index (κ1) is 11.1. The number of amides is 1. The standard InChI is InChI=1S/C10H13BrN2OS/c11-7-3-5-15-9(7)6-13-10(14)8-2-1-4-12-8/h3,5,8,12H,1-2,4,6H2,(H,13,14). The van der Waals surface area contributed by atoms with E-state index in [1.807, 2.05) is 11.4 Å². The van der Waals surface area contributed by atoms with E-state index in [9.17, 15) is 4.79 Å². The molecule has 0 bridgehead atoms. The Kier molecular flexibility index (Phi) is 3.77. The molecule has 1 aromatic heterocycles. The fraction of sp³-hybridized carbons (Fsp3) is 0.500. The number of rotatable bonds is 3. The zero-order valence-corrected chi connectivity index (χ0v) is 10.7. The van der Waals surface area contributed by atoms with E-state index in [4.69, 9.17) is 0 Å². The first-order valence-electron chi connectivity index (χ1n) is 5.00. The zero-order chi connectivity index (χ0) is 10.7. The quantitative estimate of drug-likeness (QED) is 0.892. The van der Waals surface area contributed by atoms with Crippen molar-refractivity contribution >= 4 is 33.2 Å². The SMILES string of the molecule is O=C(NCc1sccc1Br)C1CCCN1. The number of hydrogen-bond donors (Lipinski definition) is 2. The first-order chi connectivity index (χ1) is 7.27. The summed E-state index contributed by atoms with van der Waals surface area (Å²) in [6, 6.07) is 2.02. The van der Waals surface area contributed by atoms with Crippen LogP contribution in [0.1, 0.15) is 17.7 Å². The van der Waals surface area contributed by atoms with Gasteiger partial charge in [-0.05, 0) is 46.8 Å². The number of carbonyl (C=O) groups excluding carboxylic acids is 1. The number of nitrogens with one attached hydrogen (secondary N) is 2. The molecule has 1 aromatic rings. The average Bonchev–Trinajstić information content (AvgIpc) is 2.85. The van der Waals surface area contributed by atoms with Gasteiger partial charge < -0.3 is 10.6 Å². The van der Waals surface area contributed by atoms with Crippen LogP contribution in [0.3, 0.4) is 0 Å². The van der Waals surface area contributed by atoms with Crippen molar-refractivity contribution in [2.75, 3.05) is 6.54 Å². The van der Waals surface area contributed by atoms with Crippen LogP contribution in [0.5, 0.6) is 0 Å². The van der Waals surface area contributed by atoms with Crippen LogP contribution < -0.4 is 10.6 Å². The first-order valence-corrected chi connectivity index (χ1v) is 6.67. The van der Waals surface area contributed by atoms with Crippen LogP contribution >= 0.6 is 27.3 Å². The van der Waals surface area contributed by atoms with E-state index in [2.05, 4.69) is 26.6 Å². The van der Waals surface area contributed by atoms with Crippen molar-refractivity contribution in [2.45, 2.75) is 25.4 Å². The molecule has 1 fully saturated rings. The van der Waals surface area contributed by atoms with Crippen molar-refractivity contribution in [1.29, 1.82) is 0 Å². The number of carbonyl (C=O) groups is 1. The van der Waals surface area contributed by atoms with E-state index in [0.29, 0.717) is 6.54 Å². The van der Waals surface area contributed by atoms with Gasteiger partial charge in [0.1, 0.15) is 0 Å². The summed E-state index contributed by atoms with van der Waals surface area (Å²) in [5.74, 6) is 0.118. The number of thiophene rings is 1. The van der Waals surface area contributed by atoms with Crippen molar-refractivity contribution in [2.24, 2.45) is 0 Å². The molecule has 2 N–H and O–H groups in total. The maximum Gasteiger partial charge on any atom is 0.237 e. The second kappa shape index (κ2) is 5.09. The Morgan fingerprint density at radius 3 is 3.20 bits per heavy atom. The molecule has 2 rings (SSSR count). The van der Waals surface area contributed by atoms with Crippen LogP contribution in [-0.4, -0.2) is 18.5 Å². The summed E-state index contributed by atoms with van der Waals surface area (Å²) in [7, 11) is 0. The summed E-state index contributed by atoms with van der Waals surface area (Å²) in [6.45, 7) is 1.58. The van der Waals surface area contributed by atoms with Gasteiger partial charge >= 0.3 is 0 Å². The van der Waals surface area contributed by atoms with Gasteiger partial charge in [0, 0.05) is 9.35 Å². The molecule has 1 aliphatic heterocycles. The maximum absolute atomic E-state index is 11.7. The molecule has 1 saturated heterocycles. The van der Waals surface area contributed by atoms with Crippen molar-refractivity contribution in [3.8, 4) is 0 Å². The monoisotopic (exact) mass is 288 g/mol. The Labute approximate surface area is 101 Å². The van der Waals surface area contributed by atoms with Gasteiger partial charge in [0.15, 0.2) is 0 Å². The Morgan fingerprint density at radius 1 is 1.73 bits per heavy atom. The van der Waals surface area contributed by atoms with Gasteiger partial charge in [0.2, 0.25) is 5.91 Å². The van der Waals surface area contributed by atoms with Gasteiger partial charge in [-0.1, -0.05) is 0 Å². The minimum Gasteiger partial charge on any atom is -0.350 e. The lowest BCUT2D eigenvalue weighted by atomic mass is 10.2. The zero-order valence-electron chi connectivity index (χ0n) is 8.25. The van der Waals surface area contributed by atoms with Gasteiger partial charge in [-0.3, -0.25) is 4.79 Å². The lowest BCUT2D eigenvalue weighted by Crippen LogP contribution is -2.39. The molecule has 2 heterocycles. The molecule has 82 valence electrons. The molecular weight excluding hydrogens is 276 g/mol. The Morgan fingerprint density at radius 2 is 2.60 bits per heavy atom. The average molecular weight is 289 g/mol. The second-order valence-corrected chi connectivity index (χ2v) is 5.41. The van der Waals surface area contributed by atoms with Crippen LogP contribution in [0.4, 0.5) is 0 Å². The van der Waals surface area contributed by atoms with E-state index in [0.717, 1.165) is 23.9 Å². The van der Waals surface area contributed by atoms with E-state index in [-0.39, 0.29) is 11.9 Å². The van der Waals surface area contributed by atoms with Crippen molar-refractivity contribution in [3.05, 3.63) is 20.8 Å². The summed E-state index contributed by atoms with van der Waals surface area (Å²) in [6.07, 6.45) is 2.05. The molecule has 0 radical (unpaired) electrons. The molecule has 0 aromatic carbocycles. The summed E-state index contributed by atoms with van der Waals surface area (Å²) in [5, 5.41) is 8.14. The largest absolute Gasteiger partial charge is 0.350 e. The van der Waals surface area contributed by atoms with Crippen LogP contribution in [0.2, 0.25) is 0 Å². The summed E-state index contributed by atoms with van der Waals surface area (Å²) in [4.78, 5) is 12.8. The molecule has 1 atom stereocenters. The highest BCUT2D eigenvalue weighted by Crippen LogP contribution is 2.22. The van der Waals surface area contributed by atoms with Crippen molar-refractivity contribution in [3.63, 3.8) is 0 Å². The highest BCUT2D eigenvalue weighted by atomic mass is 79.9. The molecule has 5 heteroatoms. The highest BCUT2D eigenvalue weighted by molar-refractivity contribution is 9.10. The predicted molar refractivity (Wildman–Crippen MR) is 64.9 cm³/mol. The molecule has 0 aliphatic carbocycles. The third-order valence-electron chi connectivity index (χ3n) is 2.49. The van der Waals surface area contributed by atoms with Gasteiger partial charge in [0.25, 0.3) is 0 Å². The van der Waals surface area contributed by atoms with Gasteiger partial charge in [-0.2, -0.15) is 0 Å². The molecule has 15 heavy (non-hydrogen) atoms. The van der Waals surface area contributed by atoms with Crippen molar-refractivity contribution < 1.29 is 4.79 Å². The molecule has 0 spiro atoms. The molecule has 1 amide bonds. The Balaban J connectivity index is 1.83. The lowest BCUT2D eigenvalue weighted by Gasteiger charge is -2.10. The van der Waals surface area contributed by atoms with Crippen molar-refractivity contribution in [1.82, 2.24) is 10.6 Å². The Hall–Kier alpha value is -0.390. The van der Waals surface area contributed by atoms with Crippen LogP contribution in [0.15, 0.2) is 15.9 Å². The highest BCUT2D eigenvalue weighted by Gasteiger charge is 2.21. The van der Waals surface area contributed by atoms with Crippen LogP contribution in [0, 0.1) is 0 Å². The van der Waals surface area contributed by atoms with E-state index in [1.165, 1.54) is 4.88 Å². The molecule has 3 nitrogen and oxygen atoms in total. The topological polar surface area (TPSA) is 41.1 Å².